The second kappa shape index (κ2) is 11.1. The second-order valence-electron chi connectivity index (χ2n) is 9.47. The van der Waals surface area contributed by atoms with E-state index in [1.165, 1.54) is 88.8 Å². The highest BCUT2D eigenvalue weighted by Crippen LogP contribution is 2.21. The zero-order valence-corrected chi connectivity index (χ0v) is 19.0. The van der Waals surface area contributed by atoms with Crippen LogP contribution in [0.3, 0.4) is 0 Å². The van der Waals surface area contributed by atoms with Gasteiger partial charge in [0, 0.05) is 39.8 Å². The van der Waals surface area contributed by atoms with Gasteiger partial charge in [-0.2, -0.15) is 0 Å². The minimum Gasteiger partial charge on any atom is -0.352 e. The van der Waals surface area contributed by atoms with Crippen LogP contribution in [0.5, 0.6) is 0 Å². The summed E-state index contributed by atoms with van der Waals surface area (Å²) in [5.41, 5.74) is 2.88. The van der Waals surface area contributed by atoms with Crippen LogP contribution in [0.1, 0.15) is 56.1 Å². The van der Waals surface area contributed by atoms with E-state index in [9.17, 15) is 0 Å². The zero-order valence-electron chi connectivity index (χ0n) is 19.0. The van der Waals surface area contributed by atoms with E-state index >= 15 is 0 Å². The Labute approximate surface area is 183 Å². The van der Waals surface area contributed by atoms with E-state index in [0.29, 0.717) is 0 Å². The first kappa shape index (κ1) is 21.6. The summed E-state index contributed by atoms with van der Waals surface area (Å²) >= 11 is 0. The highest BCUT2D eigenvalue weighted by molar-refractivity contribution is 5.80. The molecule has 1 aromatic rings. The summed E-state index contributed by atoms with van der Waals surface area (Å²) in [4.78, 5) is 12.4. The van der Waals surface area contributed by atoms with Gasteiger partial charge in [-0.05, 0) is 75.3 Å². The Morgan fingerprint density at radius 3 is 2.30 bits per heavy atom. The molecule has 1 N–H and O–H groups in total. The molecule has 1 unspecified atom stereocenters. The molecule has 3 saturated heterocycles. The molecule has 0 aromatic heterocycles. The fraction of sp³-hybridized carbons (Fsp3) is 0.720. The maximum atomic E-state index is 4.62. The van der Waals surface area contributed by atoms with Crippen LogP contribution in [-0.4, -0.2) is 73.5 Å². The molecule has 0 aliphatic carbocycles. The average Bonchev–Trinajstić information content (AvgIpc) is 3.38. The highest BCUT2D eigenvalue weighted by Gasteiger charge is 2.27. The highest BCUT2D eigenvalue weighted by atomic mass is 15.3. The van der Waals surface area contributed by atoms with Gasteiger partial charge in [-0.25, -0.2) is 0 Å². The molecule has 0 amide bonds. The number of likely N-dealkylation sites (tertiary alicyclic amines) is 3. The molecule has 0 spiro atoms. The number of guanidine groups is 1. The molecule has 3 aliphatic rings. The van der Waals surface area contributed by atoms with Crippen molar-refractivity contribution in [1.82, 2.24) is 20.0 Å². The molecule has 0 radical (unpaired) electrons. The van der Waals surface area contributed by atoms with Crippen LogP contribution in [0.2, 0.25) is 0 Å². The molecule has 3 fully saturated rings. The lowest BCUT2D eigenvalue weighted by Gasteiger charge is -2.25. The Hall–Kier alpha value is -1.59. The van der Waals surface area contributed by atoms with Crippen LogP contribution in [0.25, 0.3) is 0 Å². The summed E-state index contributed by atoms with van der Waals surface area (Å²) in [6, 6.07) is 8.96. The minimum atomic E-state index is 0.789. The minimum absolute atomic E-state index is 0.789. The van der Waals surface area contributed by atoms with Gasteiger partial charge in [0.2, 0.25) is 0 Å². The second-order valence-corrected chi connectivity index (χ2v) is 9.47. The zero-order chi connectivity index (χ0) is 20.6. The van der Waals surface area contributed by atoms with Crippen molar-refractivity contribution < 1.29 is 0 Å². The SMILES string of the molecule is CN=C(NCc1ccccc1CN1CCCCCC1)N1CCC(CN2CCCC2)C1. The van der Waals surface area contributed by atoms with Crippen LogP contribution >= 0.6 is 0 Å². The summed E-state index contributed by atoms with van der Waals surface area (Å²) in [5.74, 6) is 1.86. The third-order valence-electron chi connectivity index (χ3n) is 7.16. The van der Waals surface area contributed by atoms with Gasteiger partial charge in [0.05, 0.1) is 0 Å². The molecule has 5 nitrogen and oxygen atoms in total. The van der Waals surface area contributed by atoms with Crippen molar-refractivity contribution in [2.45, 2.75) is 58.0 Å². The first-order chi connectivity index (χ1) is 14.8. The lowest BCUT2D eigenvalue weighted by atomic mass is 10.1. The molecule has 4 rings (SSSR count). The Morgan fingerprint density at radius 1 is 0.900 bits per heavy atom. The standard InChI is InChI=1S/C25H41N5/c1-26-25(30-17-12-22(20-30)19-28-15-8-9-16-28)27-18-23-10-4-5-11-24(23)21-29-13-6-2-3-7-14-29/h4-5,10-11,22H,2-3,6-9,12-21H2,1H3,(H,26,27). The number of nitrogens with zero attached hydrogens (tertiary/aromatic N) is 4. The van der Waals surface area contributed by atoms with Gasteiger partial charge in [-0.15, -0.1) is 0 Å². The number of rotatable bonds is 6. The maximum absolute atomic E-state index is 4.62. The largest absolute Gasteiger partial charge is 0.352 e. The van der Waals surface area contributed by atoms with Gasteiger partial charge in [-0.3, -0.25) is 9.89 Å². The fourth-order valence-electron chi connectivity index (χ4n) is 5.43. The predicted molar refractivity (Wildman–Crippen MR) is 126 cm³/mol. The van der Waals surface area contributed by atoms with Gasteiger partial charge < -0.3 is 15.1 Å². The Bertz CT molecular complexity index is 674. The van der Waals surface area contributed by atoms with Crippen molar-refractivity contribution in [3.05, 3.63) is 35.4 Å². The molecule has 166 valence electrons. The third kappa shape index (κ3) is 5.98. The van der Waals surface area contributed by atoms with Crippen LogP contribution in [0.4, 0.5) is 0 Å². The van der Waals surface area contributed by atoms with Gasteiger partial charge in [0.25, 0.3) is 0 Å². The Kier molecular flexibility index (Phi) is 8.04. The van der Waals surface area contributed by atoms with Crippen molar-refractivity contribution in [1.29, 1.82) is 0 Å². The van der Waals surface area contributed by atoms with Gasteiger partial charge in [0.15, 0.2) is 5.96 Å². The number of aliphatic imine (C=N–C) groups is 1. The maximum Gasteiger partial charge on any atom is 0.193 e. The molecular weight excluding hydrogens is 370 g/mol. The lowest BCUT2D eigenvalue weighted by Crippen LogP contribution is -2.40. The smallest absolute Gasteiger partial charge is 0.193 e. The molecule has 1 atom stereocenters. The van der Waals surface area contributed by atoms with Crippen molar-refractivity contribution in [3.63, 3.8) is 0 Å². The molecule has 5 heteroatoms. The Balaban J connectivity index is 1.30. The summed E-state index contributed by atoms with van der Waals surface area (Å²) in [6.07, 6.45) is 9.55. The monoisotopic (exact) mass is 411 g/mol. The van der Waals surface area contributed by atoms with E-state index in [0.717, 1.165) is 38.1 Å². The lowest BCUT2D eigenvalue weighted by molar-refractivity contribution is 0.276. The third-order valence-corrected chi connectivity index (χ3v) is 7.16. The quantitative estimate of drug-likeness (QED) is 0.573. The predicted octanol–water partition coefficient (Wildman–Crippen LogP) is 3.56. The van der Waals surface area contributed by atoms with E-state index in [1.807, 2.05) is 7.05 Å². The topological polar surface area (TPSA) is 34.1 Å². The fourth-order valence-corrected chi connectivity index (χ4v) is 5.43. The van der Waals surface area contributed by atoms with Crippen LogP contribution in [0.15, 0.2) is 29.3 Å². The van der Waals surface area contributed by atoms with E-state index in [-0.39, 0.29) is 0 Å². The number of hydrogen-bond donors (Lipinski definition) is 1. The van der Waals surface area contributed by atoms with E-state index in [1.54, 1.807) is 0 Å². The van der Waals surface area contributed by atoms with Gasteiger partial charge in [0.1, 0.15) is 0 Å². The first-order valence-electron chi connectivity index (χ1n) is 12.3. The molecule has 0 saturated carbocycles. The average molecular weight is 412 g/mol. The van der Waals surface area contributed by atoms with E-state index in [2.05, 4.69) is 49.3 Å². The normalized spacial score (nSPS) is 24.4. The molecule has 30 heavy (non-hydrogen) atoms. The van der Waals surface area contributed by atoms with Crippen molar-refractivity contribution in [2.75, 3.05) is 52.9 Å². The number of nitrogens with one attached hydrogen (secondary N) is 1. The Morgan fingerprint density at radius 2 is 1.57 bits per heavy atom. The number of benzene rings is 1. The summed E-state index contributed by atoms with van der Waals surface area (Å²) in [6.45, 7) is 10.6. The summed E-state index contributed by atoms with van der Waals surface area (Å²) in [5, 5.41) is 3.68. The van der Waals surface area contributed by atoms with Gasteiger partial charge in [-0.1, -0.05) is 37.1 Å². The van der Waals surface area contributed by atoms with Crippen LogP contribution in [0, 0.1) is 5.92 Å². The molecule has 3 aliphatic heterocycles. The van der Waals surface area contributed by atoms with Gasteiger partial charge >= 0.3 is 0 Å². The molecule has 1 aromatic carbocycles. The van der Waals surface area contributed by atoms with Crippen molar-refractivity contribution >= 4 is 5.96 Å². The molecular formula is C25H41N5. The summed E-state index contributed by atoms with van der Waals surface area (Å²) < 4.78 is 0. The van der Waals surface area contributed by atoms with Crippen LogP contribution in [-0.2, 0) is 13.1 Å². The first-order valence-corrected chi connectivity index (χ1v) is 12.3. The van der Waals surface area contributed by atoms with E-state index in [4.69, 9.17) is 0 Å². The molecule has 3 heterocycles. The van der Waals surface area contributed by atoms with Crippen molar-refractivity contribution in [2.24, 2.45) is 10.9 Å². The number of hydrogen-bond acceptors (Lipinski definition) is 3. The van der Waals surface area contributed by atoms with Crippen molar-refractivity contribution in [3.8, 4) is 0 Å². The molecule has 0 bridgehead atoms. The summed E-state index contributed by atoms with van der Waals surface area (Å²) in [7, 11) is 1.93. The van der Waals surface area contributed by atoms with E-state index < -0.39 is 0 Å². The van der Waals surface area contributed by atoms with Crippen LogP contribution < -0.4 is 5.32 Å².